The first-order valence-electron chi connectivity index (χ1n) is 12.6. The Morgan fingerprint density at radius 2 is 2.08 bits per heavy atom. The van der Waals surface area contributed by atoms with Crippen LogP contribution in [0.25, 0.3) is 11.0 Å². The highest BCUT2D eigenvalue weighted by molar-refractivity contribution is 5.98. The molecule has 1 atom stereocenters. The summed E-state index contributed by atoms with van der Waals surface area (Å²) in [5.41, 5.74) is 2.46. The maximum atomic E-state index is 13.3. The van der Waals surface area contributed by atoms with Gasteiger partial charge >= 0.3 is 0 Å². The molecule has 0 radical (unpaired) electrons. The minimum absolute atomic E-state index is 0.0400. The van der Waals surface area contributed by atoms with Crippen molar-refractivity contribution in [3.63, 3.8) is 0 Å². The van der Waals surface area contributed by atoms with Crippen LogP contribution in [0.1, 0.15) is 30.6 Å². The van der Waals surface area contributed by atoms with Crippen LogP contribution in [0.5, 0.6) is 5.75 Å². The average molecular weight is 517 g/mol. The van der Waals surface area contributed by atoms with Crippen LogP contribution in [0.2, 0.25) is 0 Å². The summed E-state index contributed by atoms with van der Waals surface area (Å²) in [6.07, 6.45) is 4.59. The number of hydrogen-bond acceptors (Lipinski definition) is 6. The molecule has 0 saturated carbocycles. The molecule has 4 rings (SSSR count). The van der Waals surface area contributed by atoms with Gasteiger partial charge in [-0.05, 0) is 68.5 Å². The molecule has 1 aliphatic rings. The largest absolute Gasteiger partial charge is 0.496 e. The third kappa shape index (κ3) is 6.82. The van der Waals surface area contributed by atoms with Gasteiger partial charge in [-0.1, -0.05) is 18.2 Å². The summed E-state index contributed by atoms with van der Waals surface area (Å²) in [4.78, 5) is 32.0. The van der Waals surface area contributed by atoms with Gasteiger partial charge in [0.2, 0.25) is 17.8 Å². The number of anilines is 1. The molecule has 3 N–H and O–H groups in total. The van der Waals surface area contributed by atoms with Crippen LogP contribution in [0.15, 0.2) is 57.9 Å². The van der Waals surface area contributed by atoms with Crippen LogP contribution in [-0.2, 0) is 16.0 Å². The Morgan fingerprint density at radius 1 is 1.24 bits per heavy atom. The van der Waals surface area contributed by atoms with Gasteiger partial charge in [0.25, 0.3) is 0 Å². The second-order valence-corrected chi connectivity index (χ2v) is 9.13. The van der Waals surface area contributed by atoms with Gasteiger partial charge in [-0.15, -0.1) is 0 Å². The lowest BCUT2D eigenvalue weighted by Gasteiger charge is -2.22. The molecule has 1 fully saturated rings. The highest BCUT2D eigenvalue weighted by Gasteiger charge is 2.28. The fourth-order valence-electron chi connectivity index (χ4n) is 4.53. The van der Waals surface area contributed by atoms with E-state index in [1.807, 2.05) is 61.6 Å². The number of nitriles is 1. The Bertz CT molecular complexity index is 1360. The quantitative estimate of drug-likeness (QED) is 0.181. The summed E-state index contributed by atoms with van der Waals surface area (Å²) >= 11 is 0. The highest BCUT2D eigenvalue weighted by Crippen LogP contribution is 2.23. The van der Waals surface area contributed by atoms with E-state index in [1.54, 1.807) is 12.0 Å². The number of guanidine groups is 1. The maximum absolute atomic E-state index is 13.3. The number of rotatable bonds is 8. The smallest absolute Gasteiger partial charge is 0.247 e. The number of methoxy groups -OCH3 is 1. The van der Waals surface area contributed by atoms with E-state index < -0.39 is 6.04 Å². The molecule has 38 heavy (non-hydrogen) atoms. The standard InChI is InChI=1S/C28H32N6O4/c1-19-15-21-16-22(10-11-25(21)38-19)32-28(31-18-29)33-23-8-5-6-14-34(27(23)36)17-26(35)30-13-12-20-7-3-4-9-24(20)37-2/h3-4,7,9-11,15-16,23H,5-6,8,12-14,17H2,1-2H3,(H,30,35)(H2,31,32,33)/t23-/m0/s1. The molecule has 1 aliphatic heterocycles. The lowest BCUT2D eigenvalue weighted by Crippen LogP contribution is -2.44. The predicted molar refractivity (Wildman–Crippen MR) is 145 cm³/mol. The molecule has 2 amide bonds. The van der Waals surface area contributed by atoms with Crippen LogP contribution in [0.3, 0.4) is 0 Å². The first-order valence-corrected chi connectivity index (χ1v) is 12.6. The number of ether oxygens (including phenoxy) is 1. The number of fused-ring (bicyclic) bond motifs is 1. The van der Waals surface area contributed by atoms with Crippen molar-refractivity contribution in [1.82, 2.24) is 15.5 Å². The topological polar surface area (TPSA) is 132 Å². The molecule has 1 saturated heterocycles. The highest BCUT2D eigenvalue weighted by atomic mass is 16.5. The number of likely N-dealkylation sites (tertiary alicyclic amines) is 1. The number of benzene rings is 2. The van der Waals surface area contributed by atoms with Crippen molar-refractivity contribution in [3.8, 4) is 11.9 Å². The average Bonchev–Trinajstić information content (AvgIpc) is 3.20. The van der Waals surface area contributed by atoms with E-state index >= 15 is 0 Å². The van der Waals surface area contributed by atoms with E-state index in [0.29, 0.717) is 31.6 Å². The molecule has 10 heteroatoms. The van der Waals surface area contributed by atoms with Crippen molar-refractivity contribution < 1.29 is 18.7 Å². The van der Waals surface area contributed by atoms with Crippen molar-refractivity contribution in [1.29, 1.82) is 5.26 Å². The van der Waals surface area contributed by atoms with Crippen LogP contribution in [-0.4, -0.2) is 55.5 Å². The van der Waals surface area contributed by atoms with E-state index in [-0.39, 0.29) is 24.3 Å². The molecule has 2 aromatic carbocycles. The summed E-state index contributed by atoms with van der Waals surface area (Å²) in [6, 6.07) is 14.4. The maximum Gasteiger partial charge on any atom is 0.247 e. The summed E-state index contributed by atoms with van der Waals surface area (Å²) in [5, 5.41) is 18.7. The SMILES string of the molecule is COc1ccccc1CCNC(=O)CN1CCCC[C@H](N=C(NC#N)Nc2ccc3oc(C)cc3c2)C1=O. The van der Waals surface area contributed by atoms with Crippen LogP contribution >= 0.6 is 0 Å². The van der Waals surface area contributed by atoms with Crippen LogP contribution < -0.4 is 20.7 Å². The number of hydrogen-bond donors (Lipinski definition) is 3. The fourth-order valence-corrected chi connectivity index (χ4v) is 4.53. The summed E-state index contributed by atoms with van der Waals surface area (Å²) in [5.74, 6) is 1.29. The van der Waals surface area contributed by atoms with Gasteiger partial charge in [-0.25, -0.2) is 4.99 Å². The summed E-state index contributed by atoms with van der Waals surface area (Å²) in [7, 11) is 1.62. The van der Waals surface area contributed by atoms with Gasteiger partial charge in [0.15, 0.2) is 6.19 Å². The van der Waals surface area contributed by atoms with E-state index in [4.69, 9.17) is 9.15 Å². The molecule has 0 bridgehead atoms. The first kappa shape index (κ1) is 26.5. The first-order chi connectivity index (χ1) is 18.5. The zero-order valence-electron chi connectivity index (χ0n) is 21.6. The Labute approximate surface area is 221 Å². The second-order valence-electron chi connectivity index (χ2n) is 9.13. The number of amides is 2. The van der Waals surface area contributed by atoms with Gasteiger partial charge < -0.3 is 24.7 Å². The zero-order chi connectivity index (χ0) is 26.9. The van der Waals surface area contributed by atoms with Gasteiger partial charge in [0.1, 0.15) is 23.1 Å². The van der Waals surface area contributed by atoms with Crippen molar-refractivity contribution in [2.75, 3.05) is 32.1 Å². The lowest BCUT2D eigenvalue weighted by molar-refractivity contribution is -0.136. The van der Waals surface area contributed by atoms with Crippen LogP contribution in [0.4, 0.5) is 5.69 Å². The van der Waals surface area contributed by atoms with E-state index in [0.717, 1.165) is 40.9 Å². The Morgan fingerprint density at radius 3 is 2.89 bits per heavy atom. The second kappa shape index (κ2) is 12.6. The molecule has 2 heterocycles. The molecule has 198 valence electrons. The molecule has 1 aromatic heterocycles. The zero-order valence-corrected chi connectivity index (χ0v) is 21.6. The van der Waals surface area contributed by atoms with Crippen molar-refractivity contribution in [3.05, 3.63) is 59.9 Å². The monoisotopic (exact) mass is 516 g/mol. The Kier molecular flexibility index (Phi) is 8.82. The predicted octanol–water partition coefficient (Wildman–Crippen LogP) is 3.33. The summed E-state index contributed by atoms with van der Waals surface area (Å²) in [6.45, 7) is 2.75. The Balaban J connectivity index is 1.38. The van der Waals surface area contributed by atoms with E-state index in [2.05, 4.69) is 20.9 Å². The normalized spacial score (nSPS) is 16.0. The molecular formula is C28H32N6O4. The molecule has 3 aromatic rings. The lowest BCUT2D eigenvalue weighted by atomic mass is 10.1. The van der Waals surface area contributed by atoms with E-state index in [9.17, 15) is 14.9 Å². The van der Waals surface area contributed by atoms with Gasteiger partial charge in [-0.2, -0.15) is 5.26 Å². The third-order valence-corrected chi connectivity index (χ3v) is 6.36. The fraction of sp³-hybridized carbons (Fsp3) is 0.357. The van der Waals surface area contributed by atoms with Gasteiger partial charge in [0.05, 0.1) is 13.7 Å². The molecule has 0 aliphatic carbocycles. The Hall–Kier alpha value is -4.52. The number of para-hydroxylation sites is 1. The number of carbonyl (C=O) groups excluding carboxylic acids is 2. The molecule has 0 unspecified atom stereocenters. The number of furan rings is 1. The van der Waals surface area contributed by atoms with Gasteiger partial charge in [-0.3, -0.25) is 14.9 Å². The van der Waals surface area contributed by atoms with Crippen LogP contribution in [0, 0.1) is 18.4 Å². The molecular weight excluding hydrogens is 484 g/mol. The minimum atomic E-state index is -0.706. The third-order valence-electron chi connectivity index (χ3n) is 6.36. The number of nitrogens with one attached hydrogen (secondary N) is 3. The van der Waals surface area contributed by atoms with E-state index in [1.165, 1.54) is 0 Å². The van der Waals surface area contributed by atoms with Crippen molar-refractivity contribution in [2.24, 2.45) is 4.99 Å². The number of nitrogens with zero attached hydrogens (tertiary/aromatic N) is 3. The van der Waals surface area contributed by atoms with Crippen molar-refractivity contribution >= 4 is 34.4 Å². The molecule has 0 spiro atoms. The number of aliphatic imine (C=N–C) groups is 1. The van der Waals surface area contributed by atoms with Gasteiger partial charge in [0, 0.05) is 24.2 Å². The summed E-state index contributed by atoms with van der Waals surface area (Å²) < 4.78 is 11.0. The number of aryl methyl sites for hydroxylation is 1. The minimum Gasteiger partial charge on any atom is -0.496 e. The number of carbonyl (C=O) groups is 2. The molecule has 10 nitrogen and oxygen atoms in total. The van der Waals surface area contributed by atoms with Crippen molar-refractivity contribution in [2.45, 2.75) is 38.6 Å².